The fourth-order valence-corrected chi connectivity index (χ4v) is 3.11. The summed E-state index contributed by atoms with van der Waals surface area (Å²) in [5.41, 5.74) is 2.67. The van der Waals surface area contributed by atoms with E-state index >= 15 is 0 Å². The largest absolute Gasteiger partial charge is 0.456 e. The molecule has 0 spiro atoms. The number of furan rings is 1. The quantitative estimate of drug-likeness (QED) is 0.719. The molecule has 0 aliphatic carbocycles. The topological polar surface area (TPSA) is 50.5 Å². The highest BCUT2D eigenvalue weighted by Crippen LogP contribution is 2.29. The molecule has 4 rings (SSSR count). The number of rotatable bonds is 3. The van der Waals surface area contributed by atoms with E-state index in [0.717, 1.165) is 27.5 Å². The van der Waals surface area contributed by atoms with E-state index in [1.165, 1.54) is 0 Å². The molecule has 1 aliphatic rings. The van der Waals surface area contributed by atoms with Crippen LogP contribution in [0.1, 0.15) is 26.3 Å². The molecule has 0 radical (unpaired) electrons. The minimum absolute atomic E-state index is 0.0271. The predicted molar refractivity (Wildman–Crippen MR) is 99.5 cm³/mol. The summed E-state index contributed by atoms with van der Waals surface area (Å²) in [5.74, 6) is 0.272. The first-order valence-corrected chi connectivity index (χ1v) is 8.80. The number of nitrogens with zero attached hydrogens (tertiary/aromatic N) is 1. The molecular weight excluding hydrogens is 314 g/mol. The van der Waals surface area contributed by atoms with E-state index in [1.807, 2.05) is 56.3 Å². The number of likely N-dealkylation sites (tertiary alicyclic amines) is 1. The van der Waals surface area contributed by atoms with Crippen LogP contribution in [0.4, 0.5) is 0 Å². The Labute approximate surface area is 147 Å². The summed E-state index contributed by atoms with van der Waals surface area (Å²) in [5, 5.41) is 2.11. The summed E-state index contributed by atoms with van der Waals surface area (Å²) in [6.45, 7) is 6.71. The second-order valence-electron chi connectivity index (χ2n) is 6.21. The van der Waals surface area contributed by atoms with E-state index < -0.39 is 0 Å². The van der Waals surface area contributed by atoms with Crippen LogP contribution in [0.2, 0.25) is 0 Å². The first-order valence-electron chi connectivity index (χ1n) is 8.80. The lowest BCUT2D eigenvalue weighted by Gasteiger charge is -2.37. The van der Waals surface area contributed by atoms with Gasteiger partial charge in [0.05, 0.1) is 12.3 Å². The van der Waals surface area contributed by atoms with E-state index in [4.69, 9.17) is 4.42 Å². The van der Waals surface area contributed by atoms with Crippen LogP contribution in [0.25, 0.3) is 21.9 Å². The third kappa shape index (κ3) is 3.29. The van der Waals surface area contributed by atoms with Gasteiger partial charge in [-0.15, -0.1) is 0 Å². The van der Waals surface area contributed by atoms with Gasteiger partial charge in [0.25, 0.3) is 0 Å². The molecule has 0 bridgehead atoms. The molecular formula is C21H23NO3. The lowest BCUT2D eigenvalue weighted by atomic mass is 9.95. The van der Waals surface area contributed by atoms with Crippen molar-refractivity contribution >= 4 is 33.6 Å². The van der Waals surface area contributed by atoms with E-state index in [1.54, 1.807) is 11.8 Å². The molecule has 3 aromatic rings. The molecule has 4 nitrogen and oxygen atoms in total. The maximum atomic E-state index is 12.3. The van der Waals surface area contributed by atoms with Gasteiger partial charge in [0.1, 0.15) is 16.9 Å². The van der Waals surface area contributed by atoms with Crippen molar-refractivity contribution in [1.82, 2.24) is 4.90 Å². The van der Waals surface area contributed by atoms with Gasteiger partial charge in [-0.3, -0.25) is 9.59 Å². The number of carbonyl (C=O) groups excluding carboxylic acids is 2. The molecule has 130 valence electrons. The number of carbonyl (C=O) groups is 2. The molecule has 1 aromatic heterocycles. The third-order valence-electron chi connectivity index (χ3n) is 4.61. The molecule has 0 N–H and O–H groups in total. The third-order valence-corrected chi connectivity index (χ3v) is 4.61. The average Bonchev–Trinajstić information content (AvgIpc) is 2.93. The molecule has 0 atom stereocenters. The van der Waals surface area contributed by atoms with Gasteiger partial charge in [0.15, 0.2) is 0 Å². The zero-order valence-electron chi connectivity index (χ0n) is 14.9. The fraction of sp³-hybridized carbons (Fsp3) is 0.333. The molecule has 0 saturated carbocycles. The summed E-state index contributed by atoms with van der Waals surface area (Å²) in [4.78, 5) is 25.3. The number of hydrogen-bond donors (Lipinski definition) is 0. The van der Waals surface area contributed by atoms with Crippen LogP contribution in [-0.2, 0) is 16.0 Å². The van der Waals surface area contributed by atoms with Crippen molar-refractivity contribution in [2.45, 2.75) is 27.2 Å². The van der Waals surface area contributed by atoms with E-state index in [9.17, 15) is 9.59 Å². The summed E-state index contributed by atoms with van der Waals surface area (Å²) in [7, 11) is 0. The lowest BCUT2D eigenvalue weighted by Crippen LogP contribution is -2.53. The predicted octanol–water partition coefficient (Wildman–Crippen LogP) is 4.20. The van der Waals surface area contributed by atoms with Crippen LogP contribution in [0.15, 0.2) is 46.9 Å². The first-order chi connectivity index (χ1) is 12.1. The van der Waals surface area contributed by atoms with Gasteiger partial charge in [0.2, 0.25) is 5.91 Å². The van der Waals surface area contributed by atoms with Crippen molar-refractivity contribution in [3.05, 3.63) is 48.0 Å². The Hall–Kier alpha value is -2.62. The summed E-state index contributed by atoms with van der Waals surface area (Å²) >= 11 is 0. The summed E-state index contributed by atoms with van der Waals surface area (Å²) in [6, 6.07) is 13.8. The normalized spacial score (nSPS) is 14.1. The maximum absolute atomic E-state index is 12.3. The van der Waals surface area contributed by atoms with Crippen LogP contribution in [0, 0.1) is 5.92 Å². The first kappa shape index (κ1) is 17.2. The Morgan fingerprint density at radius 2 is 1.72 bits per heavy atom. The Morgan fingerprint density at radius 3 is 2.44 bits per heavy atom. The SMILES string of the molecule is CC.CC(=O)C1CN(C(=O)Cc2ccc3oc4ccccc4c3c2)C1. The van der Waals surface area contributed by atoms with Crippen molar-refractivity contribution < 1.29 is 14.0 Å². The molecule has 0 unspecified atom stereocenters. The number of hydrogen-bond acceptors (Lipinski definition) is 3. The molecule has 1 fully saturated rings. The second-order valence-corrected chi connectivity index (χ2v) is 6.21. The molecule has 1 saturated heterocycles. The highest BCUT2D eigenvalue weighted by atomic mass is 16.3. The van der Waals surface area contributed by atoms with Crippen LogP contribution >= 0.6 is 0 Å². The molecule has 1 aliphatic heterocycles. The van der Waals surface area contributed by atoms with Crippen molar-refractivity contribution in [2.75, 3.05) is 13.1 Å². The van der Waals surface area contributed by atoms with Crippen molar-refractivity contribution in [3.63, 3.8) is 0 Å². The van der Waals surface area contributed by atoms with Crippen LogP contribution in [0.5, 0.6) is 0 Å². The highest BCUT2D eigenvalue weighted by molar-refractivity contribution is 6.05. The number of ketones is 1. The van der Waals surface area contributed by atoms with Gasteiger partial charge in [0, 0.05) is 23.9 Å². The van der Waals surface area contributed by atoms with Gasteiger partial charge in [-0.1, -0.05) is 38.1 Å². The summed E-state index contributed by atoms with van der Waals surface area (Å²) in [6.07, 6.45) is 0.361. The summed E-state index contributed by atoms with van der Waals surface area (Å²) < 4.78 is 5.80. The highest BCUT2D eigenvalue weighted by Gasteiger charge is 2.33. The average molecular weight is 337 g/mol. The van der Waals surface area contributed by atoms with Gasteiger partial charge in [-0.25, -0.2) is 0 Å². The van der Waals surface area contributed by atoms with E-state index in [2.05, 4.69) is 0 Å². The number of para-hydroxylation sites is 1. The zero-order valence-corrected chi connectivity index (χ0v) is 14.9. The number of Topliss-reactive ketones (excluding diaryl/α,β-unsaturated/α-hetero) is 1. The Balaban J connectivity index is 0.000000880. The molecule has 2 heterocycles. The van der Waals surface area contributed by atoms with E-state index in [0.29, 0.717) is 19.5 Å². The van der Waals surface area contributed by atoms with Gasteiger partial charge >= 0.3 is 0 Å². The lowest BCUT2D eigenvalue weighted by molar-refractivity contribution is -0.140. The Kier molecular flexibility index (Phi) is 4.88. The van der Waals surface area contributed by atoms with Crippen molar-refractivity contribution in [3.8, 4) is 0 Å². The number of amides is 1. The number of benzene rings is 2. The van der Waals surface area contributed by atoms with Gasteiger partial charge in [-0.05, 0) is 30.7 Å². The number of fused-ring (bicyclic) bond motifs is 3. The molecule has 4 heteroatoms. The minimum atomic E-state index is 0.0271. The van der Waals surface area contributed by atoms with Crippen LogP contribution in [-0.4, -0.2) is 29.7 Å². The van der Waals surface area contributed by atoms with Crippen LogP contribution < -0.4 is 0 Å². The molecule has 1 amide bonds. The van der Waals surface area contributed by atoms with Crippen molar-refractivity contribution in [1.29, 1.82) is 0 Å². The minimum Gasteiger partial charge on any atom is -0.456 e. The Morgan fingerprint density at radius 1 is 1.04 bits per heavy atom. The van der Waals surface area contributed by atoms with Crippen LogP contribution in [0.3, 0.4) is 0 Å². The zero-order chi connectivity index (χ0) is 18.0. The Bertz CT molecular complexity index is 919. The van der Waals surface area contributed by atoms with Gasteiger partial charge < -0.3 is 9.32 Å². The van der Waals surface area contributed by atoms with Gasteiger partial charge in [-0.2, -0.15) is 0 Å². The fourth-order valence-electron chi connectivity index (χ4n) is 3.11. The molecule has 25 heavy (non-hydrogen) atoms. The second kappa shape index (κ2) is 7.09. The molecule has 2 aromatic carbocycles. The maximum Gasteiger partial charge on any atom is 0.227 e. The standard InChI is InChI=1S/C19H17NO3.C2H6/c1-12(21)14-10-20(11-14)19(22)9-13-6-7-18-16(8-13)15-4-2-3-5-17(15)23-18;1-2/h2-8,14H,9-11H2,1H3;1-2H3. The monoisotopic (exact) mass is 337 g/mol. The van der Waals surface area contributed by atoms with E-state index in [-0.39, 0.29) is 17.6 Å². The van der Waals surface area contributed by atoms with Crippen molar-refractivity contribution in [2.24, 2.45) is 5.92 Å². The smallest absolute Gasteiger partial charge is 0.227 e.